The summed E-state index contributed by atoms with van der Waals surface area (Å²) in [6, 6.07) is 17.5. The first-order valence-electron chi connectivity index (χ1n) is 8.67. The molecule has 0 saturated carbocycles. The Kier molecular flexibility index (Phi) is 4.74. The number of ether oxygens (including phenoxy) is 1. The number of benzene rings is 3. The summed E-state index contributed by atoms with van der Waals surface area (Å²) in [7, 11) is 1.57. The second-order valence-electron chi connectivity index (χ2n) is 6.22. The van der Waals surface area contributed by atoms with Gasteiger partial charge in [-0.05, 0) is 36.4 Å². The molecule has 0 bridgehead atoms. The van der Waals surface area contributed by atoms with Crippen LogP contribution in [0.15, 0.2) is 66.7 Å². The van der Waals surface area contributed by atoms with Crippen molar-refractivity contribution in [3.05, 3.63) is 82.7 Å². The molecule has 0 aliphatic carbocycles. The van der Waals surface area contributed by atoms with E-state index in [4.69, 9.17) is 4.74 Å². The molecule has 7 nitrogen and oxygen atoms in total. The van der Waals surface area contributed by atoms with E-state index >= 15 is 0 Å². The van der Waals surface area contributed by atoms with Gasteiger partial charge < -0.3 is 10.1 Å². The van der Waals surface area contributed by atoms with E-state index in [9.17, 15) is 14.5 Å². The highest BCUT2D eigenvalue weighted by atomic mass is 19.1. The maximum atomic E-state index is 13.6. The van der Waals surface area contributed by atoms with E-state index < -0.39 is 10.7 Å². The van der Waals surface area contributed by atoms with Crippen LogP contribution in [0.5, 0.6) is 5.75 Å². The minimum atomic E-state index is -0.485. The number of nitrogens with zero attached hydrogens (tertiary/aromatic N) is 3. The average molecular weight is 390 g/mol. The van der Waals surface area contributed by atoms with Gasteiger partial charge in [0.05, 0.1) is 17.5 Å². The molecule has 0 amide bonds. The van der Waals surface area contributed by atoms with Gasteiger partial charge in [0.2, 0.25) is 0 Å². The van der Waals surface area contributed by atoms with E-state index in [1.165, 1.54) is 24.3 Å². The number of nitrogens with one attached hydrogen (secondary N) is 1. The van der Waals surface area contributed by atoms with Crippen molar-refractivity contribution in [3.63, 3.8) is 0 Å². The van der Waals surface area contributed by atoms with Crippen LogP contribution in [-0.4, -0.2) is 22.0 Å². The molecule has 0 saturated heterocycles. The van der Waals surface area contributed by atoms with Crippen LogP contribution in [0, 0.1) is 15.9 Å². The van der Waals surface area contributed by atoms with Crippen molar-refractivity contribution in [1.29, 1.82) is 0 Å². The predicted octanol–water partition coefficient (Wildman–Crippen LogP) is 5.10. The Balaban J connectivity index is 1.90. The highest BCUT2D eigenvalue weighted by Gasteiger charge is 2.15. The van der Waals surface area contributed by atoms with Crippen LogP contribution in [-0.2, 0) is 0 Å². The highest BCUT2D eigenvalue weighted by Crippen LogP contribution is 2.31. The molecule has 0 fully saturated rings. The van der Waals surface area contributed by atoms with E-state index in [2.05, 4.69) is 15.3 Å². The fourth-order valence-corrected chi connectivity index (χ4v) is 2.92. The summed E-state index contributed by atoms with van der Waals surface area (Å²) in [5.41, 5.74) is 1.61. The molecule has 0 aliphatic rings. The summed E-state index contributed by atoms with van der Waals surface area (Å²) in [6.45, 7) is 0. The molecule has 0 spiro atoms. The first-order chi connectivity index (χ1) is 14.0. The number of non-ortho nitro benzene ring substituents is 1. The number of rotatable bonds is 5. The lowest BCUT2D eigenvalue weighted by Crippen LogP contribution is -2.00. The SMILES string of the molecule is COc1cccc(-c2nc(Nc3cccc(F)c3)c3cc([N+](=O)[O-])ccc3n2)c1. The quantitative estimate of drug-likeness (QED) is 0.377. The van der Waals surface area contributed by atoms with Crippen molar-refractivity contribution in [3.8, 4) is 17.1 Å². The fourth-order valence-electron chi connectivity index (χ4n) is 2.92. The maximum absolute atomic E-state index is 13.6. The van der Waals surface area contributed by atoms with Crippen LogP contribution in [0.25, 0.3) is 22.3 Å². The number of methoxy groups -OCH3 is 1. The van der Waals surface area contributed by atoms with Gasteiger partial charge in [-0.1, -0.05) is 18.2 Å². The predicted molar refractivity (Wildman–Crippen MR) is 108 cm³/mol. The van der Waals surface area contributed by atoms with Gasteiger partial charge >= 0.3 is 0 Å². The van der Waals surface area contributed by atoms with Crippen molar-refractivity contribution in [2.45, 2.75) is 0 Å². The van der Waals surface area contributed by atoms with Gasteiger partial charge in [-0.25, -0.2) is 14.4 Å². The van der Waals surface area contributed by atoms with Gasteiger partial charge in [-0.3, -0.25) is 10.1 Å². The van der Waals surface area contributed by atoms with Crippen LogP contribution < -0.4 is 10.1 Å². The molecule has 0 unspecified atom stereocenters. The summed E-state index contributed by atoms with van der Waals surface area (Å²) >= 11 is 0. The third kappa shape index (κ3) is 3.81. The Morgan fingerprint density at radius 3 is 2.62 bits per heavy atom. The number of aromatic nitrogens is 2. The second kappa shape index (κ2) is 7.51. The summed E-state index contributed by atoms with van der Waals surface area (Å²) in [5.74, 6) is 0.980. The van der Waals surface area contributed by atoms with Crippen LogP contribution in [0.2, 0.25) is 0 Å². The van der Waals surface area contributed by atoms with Crippen LogP contribution >= 0.6 is 0 Å². The number of fused-ring (bicyclic) bond motifs is 1. The Morgan fingerprint density at radius 2 is 1.86 bits per heavy atom. The lowest BCUT2D eigenvalue weighted by Gasteiger charge is -2.12. The Labute approximate surface area is 165 Å². The van der Waals surface area contributed by atoms with E-state index in [-0.39, 0.29) is 5.69 Å². The van der Waals surface area contributed by atoms with Crippen molar-refractivity contribution in [2.75, 3.05) is 12.4 Å². The summed E-state index contributed by atoms with van der Waals surface area (Å²) in [5, 5.41) is 14.7. The lowest BCUT2D eigenvalue weighted by molar-refractivity contribution is -0.384. The zero-order valence-electron chi connectivity index (χ0n) is 15.3. The van der Waals surface area contributed by atoms with Crippen molar-refractivity contribution in [2.24, 2.45) is 0 Å². The minimum Gasteiger partial charge on any atom is -0.497 e. The number of halogens is 1. The zero-order valence-corrected chi connectivity index (χ0v) is 15.3. The molecule has 3 aromatic carbocycles. The topological polar surface area (TPSA) is 90.2 Å². The Bertz CT molecular complexity index is 1230. The molecule has 4 rings (SSSR count). The Morgan fingerprint density at radius 1 is 1.03 bits per heavy atom. The first-order valence-corrected chi connectivity index (χ1v) is 8.67. The van der Waals surface area contributed by atoms with Crippen LogP contribution in [0.4, 0.5) is 21.6 Å². The molecule has 0 radical (unpaired) electrons. The van der Waals surface area contributed by atoms with Gasteiger partial charge in [0.25, 0.3) is 5.69 Å². The van der Waals surface area contributed by atoms with Gasteiger partial charge in [0.1, 0.15) is 17.4 Å². The smallest absolute Gasteiger partial charge is 0.270 e. The average Bonchev–Trinajstić information content (AvgIpc) is 2.73. The zero-order chi connectivity index (χ0) is 20.4. The van der Waals surface area contributed by atoms with Gasteiger partial charge in [0, 0.05) is 28.8 Å². The highest BCUT2D eigenvalue weighted by molar-refractivity contribution is 5.93. The third-order valence-corrected chi connectivity index (χ3v) is 4.31. The number of hydrogen-bond acceptors (Lipinski definition) is 6. The van der Waals surface area contributed by atoms with E-state index in [0.717, 1.165) is 0 Å². The second-order valence-corrected chi connectivity index (χ2v) is 6.22. The van der Waals surface area contributed by atoms with E-state index in [0.29, 0.717) is 39.5 Å². The molecule has 29 heavy (non-hydrogen) atoms. The maximum Gasteiger partial charge on any atom is 0.270 e. The van der Waals surface area contributed by atoms with Crippen LogP contribution in [0.1, 0.15) is 0 Å². The molecule has 0 atom stereocenters. The molecule has 1 aromatic heterocycles. The number of hydrogen-bond donors (Lipinski definition) is 1. The molecule has 0 aliphatic heterocycles. The summed E-state index contributed by atoms with van der Waals surface area (Å²) < 4.78 is 18.9. The number of nitro groups is 1. The first kappa shape index (κ1) is 18.3. The number of nitro benzene ring substituents is 1. The summed E-state index contributed by atoms with van der Waals surface area (Å²) in [6.07, 6.45) is 0. The van der Waals surface area contributed by atoms with Crippen molar-refractivity contribution < 1.29 is 14.1 Å². The van der Waals surface area contributed by atoms with Crippen LogP contribution in [0.3, 0.4) is 0 Å². The molecule has 1 N–H and O–H groups in total. The Hall–Kier alpha value is -4.07. The van der Waals surface area contributed by atoms with Crippen molar-refractivity contribution >= 4 is 28.1 Å². The monoisotopic (exact) mass is 390 g/mol. The van der Waals surface area contributed by atoms with Gasteiger partial charge in [-0.15, -0.1) is 0 Å². The molecule has 1 heterocycles. The molecule has 144 valence electrons. The summed E-state index contributed by atoms with van der Waals surface area (Å²) in [4.78, 5) is 19.8. The molecule has 4 aromatic rings. The van der Waals surface area contributed by atoms with Gasteiger partial charge in [-0.2, -0.15) is 0 Å². The molecule has 8 heteroatoms. The van der Waals surface area contributed by atoms with E-state index in [1.807, 2.05) is 12.1 Å². The largest absolute Gasteiger partial charge is 0.497 e. The lowest BCUT2D eigenvalue weighted by atomic mass is 10.1. The molecular weight excluding hydrogens is 375 g/mol. The number of anilines is 2. The molecular formula is C21H15FN4O3. The van der Waals surface area contributed by atoms with Gasteiger partial charge in [0.15, 0.2) is 5.82 Å². The van der Waals surface area contributed by atoms with Crippen molar-refractivity contribution in [1.82, 2.24) is 9.97 Å². The minimum absolute atomic E-state index is 0.0856. The van der Waals surface area contributed by atoms with E-state index in [1.54, 1.807) is 37.4 Å². The fraction of sp³-hybridized carbons (Fsp3) is 0.0476. The standard InChI is InChI=1S/C21H15FN4O3/c1-29-17-7-2-4-13(10-17)20-24-19-9-8-16(26(27)28)12-18(19)21(25-20)23-15-6-3-5-14(22)11-15/h2-12H,1H3,(H,23,24,25). The third-order valence-electron chi connectivity index (χ3n) is 4.31. The normalized spacial score (nSPS) is 10.7.